The Morgan fingerprint density at radius 1 is 1.22 bits per heavy atom. The van der Waals surface area contributed by atoms with Crippen molar-refractivity contribution in [2.75, 3.05) is 13.6 Å². The number of para-hydroxylation sites is 1. The molecule has 0 radical (unpaired) electrons. The number of hydrogen-bond donors (Lipinski definition) is 1. The lowest BCUT2D eigenvalue weighted by Crippen LogP contribution is -2.33. The molecule has 2 nitrogen and oxygen atoms in total. The highest BCUT2D eigenvalue weighted by molar-refractivity contribution is 7.18. The van der Waals surface area contributed by atoms with Crippen LogP contribution in [0, 0.1) is 5.41 Å². The molecule has 0 aliphatic carbocycles. The summed E-state index contributed by atoms with van der Waals surface area (Å²) in [5, 5.41) is 4.61. The van der Waals surface area contributed by atoms with Crippen molar-refractivity contribution in [1.82, 2.24) is 10.3 Å². The van der Waals surface area contributed by atoms with E-state index in [1.165, 1.54) is 22.5 Å². The van der Waals surface area contributed by atoms with Crippen molar-refractivity contribution in [2.45, 2.75) is 33.1 Å². The third kappa shape index (κ3) is 2.73. The van der Waals surface area contributed by atoms with E-state index in [4.69, 9.17) is 4.98 Å². The number of nitrogens with one attached hydrogen (secondary N) is 1. The number of hydrogen-bond acceptors (Lipinski definition) is 3. The van der Waals surface area contributed by atoms with Gasteiger partial charge in [0.2, 0.25) is 0 Å². The van der Waals surface area contributed by atoms with Gasteiger partial charge >= 0.3 is 0 Å². The number of thiazole rings is 1. The topological polar surface area (TPSA) is 24.9 Å². The first kappa shape index (κ1) is 13.5. The molecule has 3 heteroatoms. The second-order valence-electron chi connectivity index (χ2n) is 4.99. The smallest absolute Gasteiger partial charge is 0.0944 e. The Hall–Kier alpha value is -0.930. The van der Waals surface area contributed by atoms with Gasteiger partial charge in [-0.05, 0) is 37.4 Å². The van der Waals surface area contributed by atoms with Crippen molar-refractivity contribution in [3.05, 3.63) is 29.3 Å². The van der Waals surface area contributed by atoms with E-state index >= 15 is 0 Å². The highest BCUT2D eigenvalue weighted by Gasteiger charge is 2.27. The maximum atomic E-state index is 4.77. The second kappa shape index (κ2) is 5.81. The number of nitrogens with zero attached hydrogens (tertiary/aromatic N) is 1. The summed E-state index contributed by atoms with van der Waals surface area (Å²) < 4.78 is 1.30. The average Bonchev–Trinajstić information content (AvgIpc) is 2.80. The van der Waals surface area contributed by atoms with Gasteiger partial charge in [0.25, 0.3) is 0 Å². The molecule has 0 saturated carbocycles. The van der Waals surface area contributed by atoms with Crippen molar-refractivity contribution in [3.63, 3.8) is 0 Å². The Labute approximate surface area is 113 Å². The molecule has 0 spiro atoms. The Morgan fingerprint density at radius 2 is 1.94 bits per heavy atom. The largest absolute Gasteiger partial charge is 0.319 e. The normalized spacial score (nSPS) is 12.2. The van der Waals surface area contributed by atoms with Gasteiger partial charge in [-0.15, -0.1) is 11.3 Å². The predicted molar refractivity (Wildman–Crippen MR) is 80.3 cm³/mol. The molecular weight excluding hydrogens is 240 g/mol. The van der Waals surface area contributed by atoms with Gasteiger partial charge in [0.15, 0.2) is 0 Å². The van der Waals surface area contributed by atoms with E-state index in [2.05, 4.69) is 43.4 Å². The fourth-order valence-corrected chi connectivity index (χ4v) is 3.64. The molecule has 2 rings (SSSR count). The summed E-state index contributed by atoms with van der Waals surface area (Å²) in [6.07, 6.45) is 3.47. The molecule has 0 fully saturated rings. The molecule has 0 amide bonds. The van der Waals surface area contributed by atoms with Crippen LogP contribution in [0.25, 0.3) is 10.2 Å². The Bertz CT molecular complexity index is 467. The average molecular weight is 262 g/mol. The van der Waals surface area contributed by atoms with Gasteiger partial charge in [0.05, 0.1) is 15.2 Å². The summed E-state index contributed by atoms with van der Waals surface area (Å²) in [7, 11) is 2.04. The van der Waals surface area contributed by atoms with E-state index < -0.39 is 0 Å². The molecule has 0 atom stereocenters. The molecule has 0 saturated heterocycles. The monoisotopic (exact) mass is 262 g/mol. The zero-order valence-electron chi connectivity index (χ0n) is 11.5. The zero-order chi connectivity index (χ0) is 13.0. The van der Waals surface area contributed by atoms with Gasteiger partial charge in [-0.1, -0.05) is 26.0 Å². The lowest BCUT2D eigenvalue weighted by molar-refractivity contribution is 0.253. The van der Waals surface area contributed by atoms with Gasteiger partial charge in [-0.25, -0.2) is 4.98 Å². The predicted octanol–water partition coefficient (Wildman–Crippen LogP) is 3.86. The fourth-order valence-electron chi connectivity index (χ4n) is 2.50. The molecule has 0 aliphatic rings. The minimum Gasteiger partial charge on any atom is -0.319 e. The van der Waals surface area contributed by atoms with Gasteiger partial charge in [-0.2, -0.15) is 0 Å². The van der Waals surface area contributed by atoms with E-state index in [1.54, 1.807) is 0 Å². The third-order valence-electron chi connectivity index (χ3n) is 3.92. The first-order chi connectivity index (χ1) is 8.73. The molecule has 18 heavy (non-hydrogen) atoms. The van der Waals surface area contributed by atoms with Crippen molar-refractivity contribution in [2.24, 2.45) is 5.41 Å². The van der Waals surface area contributed by atoms with Gasteiger partial charge in [0, 0.05) is 13.0 Å². The first-order valence-electron chi connectivity index (χ1n) is 6.72. The van der Waals surface area contributed by atoms with E-state index in [0.29, 0.717) is 5.41 Å². The Kier molecular flexibility index (Phi) is 4.36. The summed E-state index contributed by atoms with van der Waals surface area (Å²) in [5.74, 6) is 0. The molecule has 0 bridgehead atoms. The number of fused-ring (bicyclic) bond motifs is 1. The highest BCUT2D eigenvalue weighted by atomic mass is 32.1. The molecule has 1 aromatic heterocycles. The van der Waals surface area contributed by atoms with E-state index in [1.807, 2.05) is 18.4 Å². The standard InChI is InChI=1S/C15H22N2S/c1-4-15(5-2,11-16-3)10-14-17-12-8-6-7-9-13(12)18-14/h6-9,16H,4-5,10-11H2,1-3H3. The molecular formula is C15H22N2S. The van der Waals surface area contributed by atoms with Crippen LogP contribution in [0.15, 0.2) is 24.3 Å². The van der Waals surface area contributed by atoms with Crippen LogP contribution in [-0.4, -0.2) is 18.6 Å². The van der Waals surface area contributed by atoms with Crippen LogP contribution < -0.4 is 5.32 Å². The van der Waals surface area contributed by atoms with Crippen LogP contribution in [0.3, 0.4) is 0 Å². The number of aromatic nitrogens is 1. The summed E-state index contributed by atoms with van der Waals surface area (Å²) in [6.45, 7) is 5.64. The van der Waals surface area contributed by atoms with Gasteiger partial charge in [-0.3, -0.25) is 0 Å². The van der Waals surface area contributed by atoms with Crippen molar-refractivity contribution < 1.29 is 0 Å². The van der Waals surface area contributed by atoms with Crippen LogP contribution in [0.2, 0.25) is 0 Å². The fraction of sp³-hybridized carbons (Fsp3) is 0.533. The zero-order valence-corrected chi connectivity index (χ0v) is 12.3. The molecule has 0 aliphatic heterocycles. The summed E-state index contributed by atoms with van der Waals surface area (Å²) in [4.78, 5) is 4.77. The molecule has 0 unspecified atom stereocenters. The van der Waals surface area contributed by atoms with E-state index in [9.17, 15) is 0 Å². The lowest BCUT2D eigenvalue weighted by atomic mass is 9.79. The SMILES string of the molecule is CCC(CC)(CNC)Cc1nc2ccccc2s1. The van der Waals surface area contributed by atoms with E-state index in [0.717, 1.165) is 18.5 Å². The Morgan fingerprint density at radius 3 is 2.56 bits per heavy atom. The summed E-state index contributed by atoms with van der Waals surface area (Å²) in [5.41, 5.74) is 1.49. The molecule has 1 N–H and O–H groups in total. The third-order valence-corrected chi connectivity index (χ3v) is 4.95. The van der Waals surface area contributed by atoms with Crippen LogP contribution >= 0.6 is 11.3 Å². The van der Waals surface area contributed by atoms with E-state index in [-0.39, 0.29) is 0 Å². The van der Waals surface area contributed by atoms with Crippen LogP contribution in [-0.2, 0) is 6.42 Å². The highest BCUT2D eigenvalue weighted by Crippen LogP contribution is 2.33. The number of rotatable bonds is 6. The lowest BCUT2D eigenvalue weighted by Gasteiger charge is -2.30. The molecule has 2 aromatic rings. The van der Waals surface area contributed by atoms with Crippen LogP contribution in [0.1, 0.15) is 31.7 Å². The Balaban J connectivity index is 2.25. The van der Waals surface area contributed by atoms with Crippen molar-refractivity contribution >= 4 is 21.6 Å². The maximum absolute atomic E-state index is 4.77. The molecule has 1 aromatic carbocycles. The second-order valence-corrected chi connectivity index (χ2v) is 6.10. The minimum atomic E-state index is 0.350. The minimum absolute atomic E-state index is 0.350. The van der Waals surface area contributed by atoms with Gasteiger partial charge in [0.1, 0.15) is 0 Å². The summed E-state index contributed by atoms with van der Waals surface area (Å²) >= 11 is 1.84. The first-order valence-corrected chi connectivity index (χ1v) is 7.53. The quantitative estimate of drug-likeness (QED) is 0.855. The van der Waals surface area contributed by atoms with Crippen LogP contribution in [0.5, 0.6) is 0 Å². The number of benzene rings is 1. The summed E-state index contributed by atoms with van der Waals surface area (Å²) in [6, 6.07) is 8.41. The van der Waals surface area contributed by atoms with Crippen LogP contribution in [0.4, 0.5) is 0 Å². The molecule has 1 heterocycles. The van der Waals surface area contributed by atoms with Gasteiger partial charge < -0.3 is 5.32 Å². The molecule has 98 valence electrons. The van der Waals surface area contributed by atoms with Crippen molar-refractivity contribution in [3.8, 4) is 0 Å². The van der Waals surface area contributed by atoms with Crippen molar-refractivity contribution in [1.29, 1.82) is 0 Å². The maximum Gasteiger partial charge on any atom is 0.0944 e.